The van der Waals surface area contributed by atoms with Gasteiger partial charge in [-0.05, 0) is 31.9 Å². The largest absolute Gasteiger partial charge is 0.378 e. The van der Waals surface area contributed by atoms with E-state index in [-0.39, 0.29) is 11.8 Å². The lowest BCUT2D eigenvalue weighted by atomic mass is 9.82. The lowest BCUT2D eigenvalue weighted by Crippen LogP contribution is -2.50. The molecule has 2 aliphatic rings. The summed E-state index contributed by atoms with van der Waals surface area (Å²) >= 11 is 1.86. The second-order valence-electron chi connectivity index (χ2n) is 6.34. The van der Waals surface area contributed by atoms with Gasteiger partial charge in [0, 0.05) is 35.4 Å². The van der Waals surface area contributed by atoms with Gasteiger partial charge in [-0.3, -0.25) is 9.69 Å². The molecular formula is C17H26N2O2S. The molecule has 1 saturated heterocycles. The van der Waals surface area contributed by atoms with E-state index in [1.165, 1.54) is 22.6 Å². The normalized spacial score (nSPS) is 28.0. The molecule has 0 aromatic carbocycles. The average molecular weight is 322 g/mol. The van der Waals surface area contributed by atoms with Gasteiger partial charge in [0.25, 0.3) is 0 Å². The Hall–Kier alpha value is -0.910. The van der Waals surface area contributed by atoms with Gasteiger partial charge in [0.05, 0.1) is 19.1 Å². The van der Waals surface area contributed by atoms with Crippen molar-refractivity contribution in [2.45, 2.75) is 45.2 Å². The standard InChI is InChI=1S/C17H26N2O2S/c1-13-6-7-14(22-13)12-19-9-11-21-10-8-18-17(20)15-4-2-3-5-16(15)19/h6-7,15-16H,2-5,8-12H2,1H3,(H,18,20)/t15-,16+/m0/s1. The van der Waals surface area contributed by atoms with Crippen molar-refractivity contribution >= 4 is 17.2 Å². The zero-order valence-corrected chi connectivity index (χ0v) is 14.2. The van der Waals surface area contributed by atoms with Gasteiger partial charge in [-0.1, -0.05) is 12.8 Å². The number of carbonyl (C=O) groups excluding carboxylic acids is 1. The molecule has 1 N–H and O–H groups in total. The summed E-state index contributed by atoms with van der Waals surface area (Å²) in [5.74, 6) is 0.371. The summed E-state index contributed by atoms with van der Waals surface area (Å²) < 4.78 is 5.66. The van der Waals surface area contributed by atoms with Gasteiger partial charge in [0.2, 0.25) is 5.91 Å². The van der Waals surface area contributed by atoms with Crippen molar-refractivity contribution in [3.05, 3.63) is 21.9 Å². The zero-order valence-electron chi connectivity index (χ0n) is 13.3. The summed E-state index contributed by atoms with van der Waals surface area (Å²) in [5.41, 5.74) is 0. The molecule has 5 heteroatoms. The van der Waals surface area contributed by atoms with Crippen LogP contribution in [0, 0.1) is 12.8 Å². The van der Waals surface area contributed by atoms with Crippen LogP contribution in [-0.4, -0.2) is 43.2 Å². The van der Waals surface area contributed by atoms with E-state index < -0.39 is 0 Å². The van der Waals surface area contributed by atoms with E-state index in [9.17, 15) is 4.79 Å². The second-order valence-corrected chi connectivity index (χ2v) is 7.72. The van der Waals surface area contributed by atoms with Crippen molar-refractivity contribution in [2.24, 2.45) is 5.92 Å². The first-order chi connectivity index (χ1) is 10.7. The number of fused-ring (bicyclic) bond motifs is 1. The van der Waals surface area contributed by atoms with Gasteiger partial charge in [-0.2, -0.15) is 0 Å². The average Bonchev–Trinajstić information content (AvgIpc) is 2.94. The number of nitrogens with one attached hydrogen (secondary N) is 1. The van der Waals surface area contributed by atoms with Gasteiger partial charge in [0.1, 0.15) is 0 Å². The van der Waals surface area contributed by atoms with Crippen LogP contribution in [0.5, 0.6) is 0 Å². The van der Waals surface area contributed by atoms with E-state index in [0.717, 1.165) is 32.5 Å². The van der Waals surface area contributed by atoms with Crippen LogP contribution in [0.25, 0.3) is 0 Å². The Morgan fingerprint density at radius 2 is 2.18 bits per heavy atom. The third kappa shape index (κ3) is 3.89. The molecule has 1 aromatic heterocycles. The van der Waals surface area contributed by atoms with Crippen LogP contribution in [0.1, 0.15) is 35.4 Å². The van der Waals surface area contributed by atoms with E-state index in [0.29, 0.717) is 19.2 Å². The third-order valence-corrected chi connectivity index (χ3v) is 5.74. The van der Waals surface area contributed by atoms with Crippen molar-refractivity contribution in [1.29, 1.82) is 0 Å². The highest BCUT2D eigenvalue weighted by Gasteiger charge is 2.35. The number of aryl methyl sites for hydroxylation is 1. The van der Waals surface area contributed by atoms with E-state index in [1.54, 1.807) is 0 Å². The number of nitrogens with zero attached hydrogens (tertiary/aromatic N) is 1. The fourth-order valence-electron chi connectivity index (χ4n) is 3.65. The van der Waals surface area contributed by atoms with Crippen LogP contribution in [0.15, 0.2) is 12.1 Å². The van der Waals surface area contributed by atoms with E-state index in [4.69, 9.17) is 4.74 Å². The van der Waals surface area contributed by atoms with E-state index in [2.05, 4.69) is 29.3 Å². The Labute approximate surface area is 136 Å². The molecule has 1 aromatic rings. The highest BCUT2D eigenvalue weighted by molar-refractivity contribution is 7.11. The predicted molar refractivity (Wildman–Crippen MR) is 89.0 cm³/mol. The second kappa shape index (κ2) is 7.57. The molecule has 0 radical (unpaired) electrons. The molecule has 2 atom stereocenters. The minimum atomic E-state index is 0.146. The van der Waals surface area contributed by atoms with Gasteiger partial charge in [-0.15, -0.1) is 11.3 Å². The first kappa shape index (κ1) is 16.0. The van der Waals surface area contributed by atoms with Gasteiger partial charge < -0.3 is 10.1 Å². The summed E-state index contributed by atoms with van der Waals surface area (Å²) in [4.78, 5) is 17.7. The van der Waals surface area contributed by atoms with Crippen LogP contribution in [0.2, 0.25) is 0 Å². The Morgan fingerprint density at radius 3 is 3.00 bits per heavy atom. The quantitative estimate of drug-likeness (QED) is 0.910. The maximum atomic E-state index is 12.5. The van der Waals surface area contributed by atoms with Crippen molar-refractivity contribution in [2.75, 3.05) is 26.3 Å². The number of ether oxygens (including phenoxy) is 1. The number of hydrogen-bond acceptors (Lipinski definition) is 4. The Balaban J connectivity index is 1.77. The minimum Gasteiger partial charge on any atom is -0.378 e. The summed E-state index contributed by atoms with van der Waals surface area (Å²) in [7, 11) is 0. The van der Waals surface area contributed by atoms with Crippen molar-refractivity contribution in [3.63, 3.8) is 0 Å². The summed E-state index contributed by atoms with van der Waals surface area (Å²) in [6.45, 7) is 6.03. The molecule has 1 amide bonds. The molecule has 1 aliphatic carbocycles. The molecule has 1 aliphatic heterocycles. The van der Waals surface area contributed by atoms with Crippen LogP contribution in [-0.2, 0) is 16.1 Å². The number of thiophene rings is 1. The first-order valence-electron chi connectivity index (χ1n) is 8.39. The molecular weight excluding hydrogens is 296 g/mol. The maximum Gasteiger partial charge on any atom is 0.224 e. The molecule has 2 heterocycles. The Bertz CT molecular complexity index is 503. The van der Waals surface area contributed by atoms with Crippen molar-refractivity contribution in [1.82, 2.24) is 10.2 Å². The van der Waals surface area contributed by atoms with Crippen LogP contribution >= 0.6 is 11.3 Å². The lowest BCUT2D eigenvalue weighted by molar-refractivity contribution is -0.129. The molecule has 4 nitrogen and oxygen atoms in total. The summed E-state index contributed by atoms with van der Waals surface area (Å²) in [6.07, 6.45) is 4.56. The van der Waals surface area contributed by atoms with Gasteiger partial charge >= 0.3 is 0 Å². The number of amides is 1. The Morgan fingerprint density at radius 1 is 1.32 bits per heavy atom. The third-order valence-electron chi connectivity index (χ3n) is 4.76. The van der Waals surface area contributed by atoms with Crippen molar-refractivity contribution < 1.29 is 9.53 Å². The van der Waals surface area contributed by atoms with E-state index >= 15 is 0 Å². The minimum absolute atomic E-state index is 0.146. The SMILES string of the molecule is Cc1ccc(CN2CCOCCNC(=O)[C@H]3CCCC[C@H]32)s1. The van der Waals surface area contributed by atoms with Gasteiger partial charge in [0.15, 0.2) is 0 Å². The fraction of sp³-hybridized carbons (Fsp3) is 0.706. The lowest BCUT2D eigenvalue weighted by Gasteiger charge is -2.39. The van der Waals surface area contributed by atoms with Crippen LogP contribution < -0.4 is 5.32 Å². The molecule has 0 bridgehead atoms. The number of hydrogen-bond donors (Lipinski definition) is 1. The topological polar surface area (TPSA) is 41.6 Å². The first-order valence-corrected chi connectivity index (χ1v) is 9.20. The molecule has 0 spiro atoms. The molecule has 2 fully saturated rings. The number of rotatable bonds is 2. The predicted octanol–water partition coefficient (Wildman–Crippen LogP) is 2.56. The van der Waals surface area contributed by atoms with Crippen LogP contribution in [0.4, 0.5) is 0 Å². The van der Waals surface area contributed by atoms with E-state index in [1.807, 2.05) is 11.3 Å². The van der Waals surface area contributed by atoms with Gasteiger partial charge in [-0.25, -0.2) is 0 Å². The van der Waals surface area contributed by atoms with Crippen LogP contribution in [0.3, 0.4) is 0 Å². The molecule has 3 rings (SSSR count). The summed E-state index contributed by atoms with van der Waals surface area (Å²) in [6, 6.07) is 4.76. The highest BCUT2D eigenvalue weighted by atomic mass is 32.1. The van der Waals surface area contributed by atoms with Crippen molar-refractivity contribution in [3.8, 4) is 0 Å². The number of carbonyl (C=O) groups is 1. The maximum absolute atomic E-state index is 12.5. The fourth-order valence-corrected chi connectivity index (χ4v) is 4.56. The monoisotopic (exact) mass is 322 g/mol. The molecule has 122 valence electrons. The Kier molecular flexibility index (Phi) is 5.50. The molecule has 0 unspecified atom stereocenters. The zero-order chi connectivity index (χ0) is 15.4. The highest BCUT2D eigenvalue weighted by Crippen LogP contribution is 2.31. The molecule has 1 saturated carbocycles. The smallest absolute Gasteiger partial charge is 0.224 e. The molecule has 22 heavy (non-hydrogen) atoms. The summed E-state index contributed by atoms with van der Waals surface area (Å²) in [5, 5.41) is 3.05.